The van der Waals surface area contributed by atoms with E-state index in [1.54, 1.807) is 0 Å². The third-order valence-corrected chi connectivity index (χ3v) is 6.29. The Morgan fingerprint density at radius 3 is 2.18 bits per heavy atom. The summed E-state index contributed by atoms with van der Waals surface area (Å²) in [5.41, 5.74) is 0. The zero-order chi connectivity index (χ0) is 8.69. The molecule has 0 aliphatic heterocycles. The Bertz CT molecular complexity index is 74.2. The highest BCUT2D eigenvalue weighted by atomic mass is 127. The van der Waals surface area contributed by atoms with Gasteiger partial charge < -0.3 is 0 Å². The zero-order valence-electron chi connectivity index (χ0n) is 7.45. The predicted molar refractivity (Wildman–Crippen MR) is 71.9 cm³/mol. The number of hydrogen-bond donors (Lipinski definition) is 0. The van der Waals surface area contributed by atoms with E-state index in [0.717, 1.165) is 5.92 Å². The first kappa shape index (κ1) is 13.0. The summed E-state index contributed by atoms with van der Waals surface area (Å²) >= 11 is 5.27. The second-order valence-corrected chi connectivity index (χ2v) is 21.0. The number of hydrogen-bond acceptors (Lipinski definition) is 0. The van der Waals surface area contributed by atoms with E-state index in [0.29, 0.717) is 0 Å². The number of unbranched alkanes of at least 4 members (excludes halogenated alkanes) is 2. The molecule has 0 nitrogen and oxygen atoms in total. The molecule has 0 rings (SSSR count). The van der Waals surface area contributed by atoms with E-state index in [1.807, 2.05) is 0 Å². The van der Waals surface area contributed by atoms with Gasteiger partial charge in [0, 0.05) is 0 Å². The van der Waals surface area contributed by atoms with Gasteiger partial charge in [0.1, 0.15) is 0 Å². The Hall–Kier alpha value is 1.99. The van der Waals surface area contributed by atoms with Gasteiger partial charge in [-0.3, -0.25) is 0 Å². The first-order valence-electron chi connectivity index (χ1n) is 4.41. The topological polar surface area (TPSA) is 0 Å². The van der Waals surface area contributed by atoms with Gasteiger partial charge >= 0.3 is 7.58 Å². The summed E-state index contributed by atoms with van der Waals surface area (Å²) in [6, 6.07) is 0. The lowest BCUT2D eigenvalue weighted by atomic mass is 10.1. The summed E-state index contributed by atoms with van der Waals surface area (Å²) < 4.78 is 0. The smallest absolute Gasteiger partial charge is 0.191 e. The maximum Gasteiger partial charge on any atom is 0.445 e. The largest absolute Gasteiger partial charge is 0.445 e. The van der Waals surface area contributed by atoms with Crippen LogP contribution in [0, 0.1) is 5.92 Å². The Kier molecular flexibility index (Phi) is 10.1. The predicted octanol–water partition coefficient (Wildman–Crippen LogP) is 4.56. The molecule has 0 fully saturated rings. The monoisotopic (exact) mass is 394 g/mol. The van der Waals surface area contributed by atoms with Crippen LogP contribution in [0.2, 0.25) is 5.28 Å². The Balaban J connectivity index is 2.91. The van der Waals surface area contributed by atoms with Gasteiger partial charge in [-0.05, 0) is 5.92 Å². The van der Waals surface area contributed by atoms with Crippen LogP contribution in [0.4, 0.5) is 0 Å². The molecule has 0 aliphatic rings. The second-order valence-electron chi connectivity index (χ2n) is 3.42. The van der Waals surface area contributed by atoms with Gasteiger partial charge in [0.15, 0.2) is 0 Å². The quantitative estimate of drug-likeness (QED) is 0.352. The fraction of sp³-hybridized carbons (Fsp3) is 1.00. The average molecular weight is 394 g/mol. The molecule has 11 heavy (non-hydrogen) atoms. The molecule has 0 radical (unpaired) electrons. The molecule has 0 N–H and O–H groups in total. The Labute approximate surface area is 97.6 Å². The van der Waals surface area contributed by atoms with Crippen molar-refractivity contribution in [2.45, 2.75) is 44.8 Å². The van der Waals surface area contributed by atoms with Crippen LogP contribution in [-0.4, -0.2) is 7.58 Å². The van der Waals surface area contributed by atoms with Gasteiger partial charge in [0.05, 0.1) is 0 Å². The van der Waals surface area contributed by atoms with Gasteiger partial charge in [0.25, 0.3) is 0 Å². The summed E-state index contributed by atoms with van der Waals surface area (Å²) in [5, 5.41) is 1.53. The molecule has 0 heterocycles. The van der Waals surface area contributed by atoms with E-state index in [4.69, 9.17) is 0 Å². The average Bonchev–Trinajstić information content (AvgIpc) is 1.85. The van der Waals surface area contributed by atoms with Crippen LogP contribution in [0.5, 0.6) is 0 Å². The Morgan fingerprint density at radius 2 is 1.73 bits per heavy atom. The lowest BCUT2D eigenvalue weighted by molar-refractivity contribution is 0.534. The van der Waals surface area contributed by atoms with Crippen LogP contribution in [0.25, 0.3) is 0 Å². The van der Waals surface area contributed by atoms with Crippen molar-refractivity contribution in [2.24, 2.45) is 5.92 Å². The van der Waals surface area contributed by atoms with Crippen molar-refractivity contribution in [3.05, 3.63) is 0 Å². The van der Waals surface area contributed by atoms with E-state index in [-0.39, 0.29) is 7.58 Å². The standard InChI is InChI=1S/C8H17.Al.2HI/c1-4-5-6-7-8(2)3;;;/h8H,1,4-7H2,2-3H3;;2*1H/q;+2;;/p-2. The minimum atomic E-state index is -0.298. The van der Waals surface area contributed by atoms with Crippen molar-refractivity contribution >= 4 is 48.1 Å². The molecule has 66 valence electrons. The molecular weight excluding hydrogens is 377 g/mol. The van der Waals surface area contributed by atoms with Crippen molar-refractivity contribution in [2.75, 3.05) is 0 Å². The molecule has 0 aliphatic carbocycles. The van der Waals surface area contributed by atoms with Gasteiger partial charge in [-0.1, -0.05) is 44.8 Å². The lowest BCUT2D eigenvalue weighted by Crippen LogP contribution is -1.91. The summed E-state index contributed by atoms with van der Waals surface area (Å²) in [6.07, 6.45) is 5.82. The maximum absolute atomic E-state index is 2.63. The molecule has 0 bridgehead atoms. The van der Waals surface area contributed by atoms with Crippen molar-refractivity contribution in [3.8, 4) is 0 Å². The third kappa shape index (κ3) is 12.0. The summed E-state index contributed by atoms with van der Waals surface area (Å²) in [7, 11) is -0.298. The normalized spacial score (nSPS) is 10.6. The van der Waals surface area contributed by atoms with Crippen molar-refractivity contribution in [3.63, 3.8) is 0 Å². The van der Waals surface area contributed by atoms with Gasteiger partial charge in [0.2, 0.25) is 0 Å². The highest BCUT2D eigenvalue weighted by Crippen LogP contribution is 2.16. The Morgan fingerprint density at radius 1 is 1.09 bits per heavy atom. The molecule has 0 unspecified atom stereocenters. The molecule has 0 atom stereocenters. The van der Waals surface area contributed by atoms with Crippen LogP contribution in [0.3, 0.4) is 0 Å². The van der Waals surface area contributed by atoms with E-state index in [2.05, 4.69) is 54.4 Å². The number of rotatable bonds is 6. The first-order chi connectivity index (χ1) is 5.13. The van der Waals surface area contributed by atoms with Gasteiger partial charge in [-0.15, -0.1) is 0 Å². The molecule has 0 aromatic carbocycles. The van der Waals surface area contributed by atoms with Gasteiger partial charge in [-0.25, -0.2) is 0 Å². The SMILES string of the molecule is CC(C)CCCC[CH2][Al]([I])[I]. The van der Waals surface area contributed by atoms with E-state index < -0.39 is 0 Å². The van der Waals surface area contributed by atoms with E-state index in [9.17, 15) is 0 Å². The molecule has 0 saturated carbocycles. The third-order valence-electron chi connectivity index (χ3n) is 1.70. The molecule has 0 aromatic heterocycles. The molecule has 0 spiro atoms. The number of halogens is 2. The molecule has 0 amide bonds. The van der Waals surface area contributed by atoms with Crippen molar-refractivity contribution in [1.29, 1.82) is 0 Å². The van der Waals surface area contributed by atoms with E-state index in [1.165, 1.54) is 31.0 Å². The van der Waals surface area contributed by atoms with E-state index >= 15 is 0 Å². The highest BCUT2D eigenvalue weighted by Gasteiger charge is 2.06. The van der Waals surface area contributed by atoms with Crippen LogP contribution >= 0.6 is 40.5 Å². The van der Waals surface area contributed by atoms with Crippen molar-refractivity contribution in [1.82, 2.24) is 0 Å². The van der Waals surface area contributed by atoms with Crippen LogP contribution < -0.4 is 0 Å². The minimum Gasteiger partial charge on any atom is -0.191 e. The molecule has 0 saturated heterocycles. The van der Waals surface area contributed by atoms with Crippen molar-refractivity contribution < 1.29 is 0 Å². The van der Waals surface area contributed by atoms with Crippen LogP contribution in [0.15, 0.2) is 0 Å². The minimum absolute atomic E-state index is 0.298. The lowest BCUT2D eigenvalue weighted by Gasteiger charge is -2.03. The van der Waals surface area contributed by atoms with Crippen LogP contribution in [-0.2, 0) is 0 Å². The molecular formula is C8H17AlI2. The maximum atomic E-state index is 2.63. The fourth-order valence-corrected chi connectivity index (χ4v) is 4.27. The zero-order valence-corrected chi connectivity index (χ0v) is 12.9. The molecule has 0 aromatic rings. The summed E-state index contributed by atoms with van der Waals surface area (Å²) in [6.45, 7) is 4.63. The fourth-order valence-electron chi connectivity index (χ4n) is 1.03. The summed E-state index contributed by atoms with van der Waals surface area (Å²) in [5.74, 6) is 0.905. The van der Waals surface area contributed by atoms with Gasteiger partial charge in [-0.2, -0.15) is 40.5 Å². The highest BCUT2D eigenvalue weighted by molar-refractivity contribution is 14.3. The molecule has 3 heteroatoms. The second kappa shape index (κ2) is 8.58. The van der Waals surface area contributed by atoms with Crippen LogP contribution in [0.1, 0.15) is 39.5 Å². The summed E-state index contributed by atoms with van der Waals surface area (Å²) in [4.78, 5) is 0. The first-order valence-corrected chi connectivity index (χ1v) is 13.6.